The Hall–Kier alpha value is -1.40. The van der Waals surface area contributed by atoms with Crippen molar-refractivity contribution < 1.29 is 13.2 Å². The van der Waals surface area contributed by atoms with Gasteiger partial charge in [0.15, 0.2) is 0 Å². The van der Waals surface area contributed by atoms with Crippen molar-refractivity contribution >= 4 is 15.9 Å². The van der Waals surface area contributed by atoms with Gasteiger partial charge in [-0.1, -0.05) is 26.8 Å². The summed E-state index contributed by atoms with van der Waals surface area (Å²) in [7, 11) is -3.61. The number of carbonyl (C=O) groups is 1. The number of amides is 1. The number of nitrogens with two attached hydrogens (primary N) is 1. The molecule has 5 nitrogen and oxygen atoms in total. The minimum absolute atomic E-state index is 0.0445. The van der Waals surface area contributed by atoms with Gasteiger partial charge in [-0.3, -0.25) is 4.79 Å². The molecule has 1 amide bonds. The second-order valence-corrected chi connectivity index (χ2v) is 7.04. The van der Waals surface area contributed by atoms with E-state index < -0.39 is 15.9 Å². The minimum Gasteiger partial charge on any atom is -0.366 e. The van der Waals surface area contributed by atoms with Crippen molar-refractivity contribution in [2.45, 2.75) is 25.7 Å². The SMILES string of the molecule is CC(C)(C)CNS(=O)(=O)c1cccc(C(N)=O)c1. The molecule has 0 aliphatic carbocycles. The molecule has 0 atom stereocenters. The predicted octanol–water partition coefficient (Wildman–Crippen LogP) is 1.11. The second kappa shape index (κ2) is 5.07. The Bertz CT molecular complexity index is 545. The molecule has 0 aliphatic heterocycles. The van der Waals surface area contributed by atoms with Crippen LogP contribution < -0.4 is 10.5 Å². The molecular formula is C12H18N2O3S. The fourth-order valence-electron chi connectivity index (χ4n) is 1.21. The average Bonchev–Trinajstić information content (AvgIpc) is 2.26. The van der Waals surface area contributed by atoms with Crippen molar-refractivity contribution in [2.75, 3.05) is 6.54 Å². The van der Waals surface area contributed by atoms with E-state index in [0.29, 0.717) is 6.54 Å². The van der Waals surface area contributed by atoms with Gasteiger partial charge in [0.1, 0.15) is 0 Å². The molecule has 100 valence electrons. The van der Waals surface area contributed by atoms with Crippen LogP contribution in [0.25, 0.3) is 0 Å². The van der Waals surface area contributed by atoms with Gasteiger partial charge < -0.3 is 5.73 Å². The Balaban J connectivity index is 2.99. The molecule has 18 heavy (non-hydrogen) atoms. The van der Waals surface area contributed by atoms with Crippen LogP contribution >= 0.6 is 0 Å². The minimum atomic E-state index is -3.61. The van der Waals surface area contributed by atoms with Gasteiger partial charge in [-0.15, -0.1) is 0 Å². The summed E-state index contributed by atoms with van der Waals surface area (Å²) in [5, 5.41) is 0. The lowest BCUT2D eigenvalue weighted by Crippen LogP contribution is -2.32. The van der Waals surface area contributed by atoms with E-state index in [2.05, 4.69) is 4.72 Å². The molecule has 0 unspecified atom stereocenters. The Morgan fingerprint density at radius 2 is 1.94 bits per heavy atom. The van der Waals surface area contributed by atoms with E-state index in [-0.39, 0.29) is 15.9 Å². The van der Waals surface area contributed by atoms with Crippen LogP contribution in [-0.4, -0.2) is 20.9 Å². The Labute approximate surface area is 107 Å². The normalized spacial score (nSPS) is 12.4. The van der Waals surface area contributed by atoms with Crippen molar-refractivity contribution in [2.24, 2.45) is 11.1 Å². The molecule has 1 aromatic carbocycles. The van der Waals surface area contributed by atoms with E-state index in [9.17, 15) is 13.2 Å². The quantitative estimate of drug-likeness (QED) is 0.858. The first-order valence-electron chi connectivity index (χ1n) is 5.51. The maximum absolute atomic E-state index is 12.0. The first-order chi connectivity index (χ1) is 8.12. The summed E-state index contributed by atoms with van der Waals surface area (Å²) in [4.78, 5) is 11.0. The van der Waals surface area contributed by atoms with Gasteiger partial charge in [-0.25, -0.2) is 13.1 Å². The molecule has 0 bridgehead atoms. The molecule has 1 rings (SSSR count). The summed E-state index contributed by atoms with van der Waals surface area (Å²) >= 11 is 0. The fourth-order valence-corrected chi connectivity index (χ4v) is 2.54. The zero-order valence-corrected chi connectivity index (χ0v) is 11.5. The largest absolute Gasteiger partial charge is 0.366 e. The van der Waals surface area contributed by atoms with Gasteiger partial charge in [-0.2, -0.15) is 0 Å². The molecule has 0 aromatic heterocycles. The Morgan fingerprint density at radius 1 is 1.33 bits per heavy atom. The predicted molar refractivity (Wildman–Crippen MR) is 69.6 cm³/mol. The first kappa shape index (κ1) is 14.7. The van der Waals surface area contributed by atoms with E-state index in [1.165, 1.54) is 24.3 Å². The number of nitrogens with one attached hydrogen (secondary N) is 1. The van der Waals surface area contributed by atoms with Crippen LogP contribution in [-0.2, 0) is 10.0 Å². The molecule has 0 spiro atoms. The number of primary amides is 1. The third-order valence-electron chi connectivity index (χ3n) is 2.22. The average molecular weight is 270 g/mol. The van der Waals surface area contributed by atoms with Crippen molar-refractivity contribution in [3.05, 3.63) is 29.8 Å². The number of rotatable bonds is 4. The maximum Gasteiger partial charge on any atom is 0.248 e. The van der Waals surface area contributed by atoms with Crippen molar-refractivity contribution in [1.29, 1.82) is 0 Å². The van der Waals surface area contributed by atoms with Crippen LogP contribution in [0.4, 0.5) is 0 Å². The van der Waals surface area contributed by atoms with Crippen molar-refractivity contribution in [3.63, 3.8) is 0 Å². The molecule has 0 saturated carbocycles. The van der Waals surface area contributed by atoms with Gasteiger partial charge in [0.25, 0.3) is 0 Å². The van der Waals surface area contributed by atoms with E-state index in [1.807, 2.05) is 20.8 Å². The standard InChI is InChI=1S/C12H18N2O3S/c1-12(2,3)8-14-18(16,17)10-6-4-5-9(7-10)11(13)15/h4-7,14H,8H2,1-3H3,(H2,13,15). The van der Waals surface area contributed by atoms with Crippen LogP contribution in [0.5, 0.6) is 0 Å². The molecule has 0 fully saturated rings. The monoisotopic (exact) mass is 270 g/mol. The summed E-state index contributed by atoms with van der Waals surface area (Å²) < 4.78 is 26.5. The Kier molecular flexibility index (Phi) is 4.13. The maximum atomic E-state index is 12.0. The van der Waals surface area contributed by atoms with Gasteiger partial charge in [0, 0.05) is 12.1 Å². The zero-order valence-electron chi connectivity index (χ0n) is 10.7. The number of carbonyl (C=O) groups excluding carboxylic acids is 1. The fraction of sp³-hybridized carbons (Fsp3) is 0.417. The molecular weight excluding hydrogens is 252 g/mol. The molecule has 0 radical (unpaired) electrons. The summed E-state index contributed by atoms with van der Waals surface area (Å²) in [5.41, 5.74) is 5.13. The topological polar surface area (TPSA) is 89.3 Å². The van der Waals surface area contributed by atoms with E-state index in [0.717, 1.165) is 0 Å². The lowest BCUT2D eigenvalue weighted by molar-refractivity contribution is 0.1000. The number of sulfonamides is 1. The van der Waals surface area contributed by atoms with Crippen molar-refractivity contribution in [1.82, 2.24) is 4.72 Å². The van der Waals surface area contributed by atoms with Crippen LogP contribution in [0, 0.1) is 5.41 Å². The zero-order chi connectivity index (χ0) is 14.0. The van der Waals surface area contributed by atoms with Crippen LogP contribution in [0.15, 0.2) is 29.2 Å². The van der Waals surface area contributed by atoms with Crippen LogP contribution in [0.1, 0.15) is 31.1 Å². The second-order valence-electron chi connectivity index (χ2n) is 5.28. The lowest BCUT2D eigenvalue weighted by Gasteiger charge is -2.18. The smallest absolute Gasteiger partial charge is 0.248 e. The van der Waals surface area contributed by atoms with E-state index >= 15 is 0 Å². The van der Waals surface area contributed by atoms with Gasteiger partial charge in [0.05, 0.1) is 4.90 Å². The lowest BCUT2D eigenvalue weighted by atomic mass is 9.98. The molecule has 0 aliphatic rings. The van der Waals surface area contributed by atoms with Gasteiger partial charge in [-0.05, 0) is 23.6 Å². The highest BCUT2D eigenvalue weighted by molar-refractivity contribution is 7.89. The first-order valence-corrected chi connectivity index (χ1v) is 7.00. The Morgan fingerprint density at radius 3 is 2.44 bits per heavy atom. The van der Waals surface area contributed by atoms with Crippen molar-refractivity contribution in [3.8, 4) is 0 Å². The number of hydrogen-bond acceptors (Lipinski definition) is 3. The summed E-state index contributed by atoms with van der Waals surface area (Å²) in [6.45, 7) is 6.09. The highest BCUT2D eigenvalue weighted by atomic mass is 32.2. The van der Waals surface area contributed by atoms with Crippen LogP contribution in [0.2, 0.25) is 0 Å². The van der Waals surface area contributed by atoms with E-state index in [1.54, 1.807) is 0 Å². The summed E-state index contributed by atoms with van der Waals surface area (Å²) in [6, 6.07) is 5.67. The highest BCUT2D eigenvalue weighted by Crippen LogP contribution is 2.15. The third-order valence-corrected chi connectivity index (χ3v) is 3.62. The molecule has 0 saturated heterocycles. The summed E-state index contributed by atoms with van der Waals surface area (Å²) in [6.07, 6.45) is 0. The molecule has 6 heteroatoms. The van der Waals surface area contributed by atoms with Gasteiger partial charge in [0.2, 0.25) is 15.9 Å². The molecule has 0 heterocycles. The third kappa shape index (κ3) is 4.12. The van der Waals surface area contributed by atoms with E-state index in [4.69, 9.17) is 5.73 Å². The highest BCUT2D eigenvalue weighted by Gasteiger charge is 2.19. The number of hydrogen-bond donors (Lipinski definition) is 2. The number of benzene rings is 1. The molecule has 3 N–H and O–H groups in total. The van der Waals surface area contributed by atoms with Crippen LogP contribution in [0.3, 0.4) is 0 Å². The summed E-state index contributed by atoms with van der Waals surface area (Å²) in [5.74, 6) is -0.650. The molecule has 1 aromatic rings. The van der Waals surface area contributed by atoms with Gasteiger partial charge >= 0.3 is 0 Å².